The maximum Gasteiger partial charge on any atom is 0.246 e. The number of carbonyl (C=O) groups excluding carboxylic acids is 1. The molecule has 0 saturated heterocycles. The van der Waals surface area contributed by atoms with Gasteiger partial charge in [-0.25, -0.2) is 0 Å². The predicted octanol–water partition coefficient (Wildman–Crippen LogP) is 0.240. The molecule has 11 heavy (non-hydrogen) atoms. The van der Waals surface area contributed by atoms with Crippen molar-refractivity contribution in [3.8, 4) is 0 Å². The van der Waals surface area contributed by atoms with Crippen molar-refractivity contribution in [1.82, 2.24) is 10.2 Å². The minimum atomic E-state index is 0.0581. The molecular weight excluding hydrogens is 140 g/mol. The fourth-order valence-electron chi connectivity index (χ4n) is 0.660. The van der Waals surface area contributed by atoms with Gasteiger partial charge < -0.3 is 10.2 Å². The van der Waals surface area contributed by atoms with Gasteiger partial charge in [-0.2, -0.15) is 0 Å². The summed E-state index contributed by atoms with van der Waals surface area (Å²) in [5.41, 5.74) is 0. The Bertz CT molecular complexity index is 143. The van der Waals surface area contributed by atoms with Crippen LogP contribution in [0, 0.1) is 0 Å². The second kappa shape index (κ2) is 5.92. The lowest BCUT2D eigenvalue weighted by Gasteiger charge is -2.13. The first-order chi connectivity index (χ1) is 5.22. The summed E-state index contributed by atoms with van der Waals surface area (Å²) >= 11 is 0. The molecule has 0 heterocycles. The van der Waals surface area contributed by atoms with E-state index in [9.17, 15) is 4.79 Å². The van der Waals surface area contributed by atoms with Crippen LogP contribution in [-0.2, 0) is 4.79 Å². The lowest BCUT2D eigenvalue weighted by Crippen LogP contribution is -2.31. The molecule has 0 bridgehead atoms. The maximum atomic E-state index is 11.1. The van der Waals surface area contributed by atoms with Gasteiger partial charge in [-0.1, -0.05) is 6.08 Å². The molecule has 0 aliphatic carbocycles. The zero-order valence-corrected chi connectivity index (χ0v) is 7.42. The average Bonchev–Trinajstić information content (AvgIpc) is 2.00. The molecule has 0 aromatic carbocycles. The molecule has 0 aliphatic rings. The Morgan fingerprint density at radius 2 is 2.27 bits per heavy atom. The van der Waals surface area contributed by atoms with Crippen molar-refractivity contribution in [2.45, 2.75) is 6.92 Å². The number of amides is 1. The smallest absolute Gasteiger partial charge is 0.246 e. The number of nitrogens with one attached hydrogen (secondary N) is 1. The minimum Gasteiger partial charge on any atom is -0.341 e. The summed E-state index contributed by atoms with van der Waals surface area (Å²) in [6.45, 7) is 3.42. The zero-order valence-electron chi connectivity index (χ0n) is 7.42. The maximum absolute atomic E-state index is 11.1. The van der Waals surface area contributed by atoms with E-state index in [-0.39, 0.29) is 5.91 Å². The molecule has 1 N–H and O–H groups in total. The number of likely N-dealkylation sites (N-methyl/N-ethyl adjacent to an activating group) is 2. The highest BCUT2D eigenvalue weighted by molar-refractivity contribution is 5.87. The number of carbonyl (C=O) groups is 1. The molecule has 0 unspecified atom stereocenters. The first-order valence-corrected chi connectivity index (χ1v) is 3.74. The van der Waals surface area contributed by atoms with E-state index in [1.54, 1.807) is 24.1 Å². The van der Waals surface area contributed by atoms with Gasteiger partial charge in [0.1, 0.15) is 0 Å². The normalized spacial score (nSPS) is 10.5. The summed E-state index contributed by atoms with van der Waals surface area (Å²) in [6.07, 6.45) is 3.31. The first-order valence-electron chi connectivity index (χ1n) is 3.74. The minimum absolute atomic E-state index is 0.0581. The molecule has 0 aromatic rings. The lowest BCUT2D eigenvalue weighted by atomic mass is 10.4. The summed E-state index contributed by atoms with van der Waals surface area (Å²) in [4.78, 5) is 12.7. The van der Waals surface area contributed by atoms with Crippen molar-refractivity contribution in [2.75, 3.05) is 27.2 Å². The van der Waals surface area contributed by atoms with Gasteiger partial charge in [0.15, 0.2) is 0 Å². The van der Waals surface area contributed by atoms with E-state index in [2.05, 4.69) is 5.32 Å². The van der Waals surface area contributed by atoms with E-state index in [4.69, 9.17) is 0 Å². The van der Waals surface area contributed by atoms with E-state index in [1.807, 2.05) is 14.0 Å². The summed E-state index contributed by atoms with van der Waals surface area (Å²) in [6, 6.07) is 0. The monoisotopic (exact) mass is 156 g/mol. The molecule has 0 fully saturated rings. The molecule has 0 saturated carbocycles. The Kier molecular flexibility index (Phi) is 5.47. The van der Waals surface area contributed by atoms with E-state index < -0.39 is 0 Å². The molecule has 3 heteroatoms. The van der Waals surface area contributed by atoms with Crippen molar-refractivity contribution >= 4 is 5.91 Å². The number of rotatable bonds is 4. The molecule has 64 valence electrons. The SMILES string of the molecule is CC=CC(=O)N(C)CCNC. The van der Waals surface area contributed by atoms with Crippen molar-refractivity contribution in [2.24, 2.45) is 0 Å². The van der Waals surface area contributed by atoms with Gasteiger partial charge in [-0.15, -0.1) is 0 Å². The van der Waals surface area contributed by atoms with Crippen molar-refractivity contribution in [1.29, 1.82) is 0 Å². The van der Waals surface area contributed by atoms with Crippen LogP contribution in [0.5, 0.6) is 0 Å². The van der Waals surface area contributed by atoms with Gasteiger partial charge in [0.25, 0.3) is 0 Å². The molecule has 1 amide bonds. The van der Waals surface area contributed by atoms with Gasteiger partial charge in [-0.3, -0.25) is 4.79 Å². The van der Waals surface area contributed by atoms with Gasteiger partial charge in [0, 0.05) is 20.1 Å². The zero-order chi connectivity index (χ0) is 8.69. The van der Waals surface area contributed by atoms with Crippen LogP contribution in [0.15, 0.2) is 12.2 Å². The summed E-state index contributed by atoms with van der Waals surface area (Å²) < 4.78 is 0. The number of hydrogen-bond donors (Lipinski definition) is 1. The Labute approximate surface area is 68.1 Å². The van der Waals surface area contributed by atoms with Crippen LogP contribution in [-0.4, -0.2) is 38.0 Å². The van der Waals surface area contributed by atoms with E-state index in [0.29, 0.717) is 0 Å². The van der Waals surface area contributed by atoms with Gasteiger partial charge in [0.2, 0.25) is 5.91 Å². The molecule has 0 aromatic heterocycles. The summed E-state index contributed by atoms with van der Waals surface area (Å²) in [5.74, 6) is 0.0581. The highest BCUT2D eigenvalue weighted by Crippen LogP contribution is 1.84. The second-order valence-electron chi connectivity index (χ2n) is 2.36. The fraction of sp³-hybridized carbons (Fsp3) is 0.625. The van der Waals surface area contributed by atoms with Crippen LogP contribution in [0.2, 0.25) is 0 Å². The van der Waals surface area contributed by atoms with Gasteiger partial charge in [0.05, 0.1) is 0 Å². The first kappa shape index (κ1) is 10.2. The van der Waals surface area contributed by atoms with Crippen LogP contribution in [0.4, 0.5) is 0 Å². The highest BCUT2D eigenvalue weighted by atomic mass is 16.2. The third-order valence-electron chi connectivity index (χ3n) is 1.38. The third-order valence-corrected chi connectivity index (χ3v) is 1.38. The number of hydrogen-bond acceptors (Lipinski definition) is 2. The Morgan fingerprint density at radius 3 is 2.73 bits per heavy atom. The van der Waals surface area contributed by atoms with Crippen molar-refractivity contribution in [3.05, 3.63) is 12.2 Å². The predicted molar refractivity (Wildman–Crippen MR) is 46.4 cm³/mol. The molecular formula is C8H16N2O. The standard InChI is InChI=1S/C8H16N2O/c1-4-5-8(11)10(3)7-6-9-2/h4-5,9H,6-7H2,1-3H3. The average molecular weight is 156 g/mol. The highest BCUT2D eigenvalue weighted by Gasteiger charge is 2.01. The molecule has 3 nitrogen and oxygen atoms in total. The molecule has 0 atom stereocenters. The Morgan fingerprint density at radius 1 is 1.64 bits per heavy atom. The quantitative estimate of drug-likeness (QED) is 0.591. The lowest BCUT2D eigenvalue weighted by molar-refractivity contribution is -0.124. The van der Waals surface area contributed by atoms with E-state index >= 15 is 0 Å². The van der Waals surface area contributed by atoms with E-state index in [0.717, 1.165) is 13.1 Å². The van der Waals surface area contributed by atoms with Gasteiger partial charge >= 0.3 is 0 Å². The number of nitrogens with zero attached hydrogens (tertiary/aromatic N) is 1. The van der Waals surface area contributed by atoms with Crippen LogP contribution in [0.25, 0.3) is 0 Å². The third kappa shape index (κ3) is 4.56. The number of allylic oxidation sites excluding steroid dienone is 1. The van der Waals surface area contributed by atoms with Crippen LogP contribution in [0.1, 0.15) is 6.92 Å². The topological polar surface area (TPSA) is 32.3 Å². The largest absolute Gasteiger partial charge is 0.341 e. The van der Waals surface area contributed by atoms with Crippen molar-refractivity contribution < 1.29 is 4.79 Å². The Balaban J connectivity index is 3.64. The Hall–Kier alpha value is -0.830. The van der Waals surface area contributed by atoms with Crippen LogP contribution < -0.4 is 5.32 Å². The second-order valence-corrected chi connectivity index (χ2v) is 2.36. The molecule has 0 radical (unpaired) electrons. The molecule has 0 rings (SSSR count). The van der Waals surface area contributed by atoms with Crippen LogP contribution >= 0.6 is 0 Å². The van der Waals surface area contributed by atoms with Gasteiger partial charge in [-0.05, 0) is 20.0 Å². The van der Waals surface area contributed by atoms with Crippen LogP contribution in [0.3, 0.4) is 0 Å². The van der Waals surface area contributed by atoms with Crippen molar-refractivity contribution in [3.63, 3.8) is 0 Å². The summed E-state index contributed by atoms with van der Waals surface area (Å²) in [5, 5.41) is 2.98. The van der Waals surface area contributed by atoms with E-state index in [1.165, 1.54) is 0 Å². The molecule has 0 spiro atoms. The fourth-order valence-corrected chi connectivity index (χ4v) is 0.660. The molecule has 0 aliphatic heterocycles. The summed E-state index contributed by atoms with van der Waals surface area (Å²) in [7, 11) is 3.66.